The van der Waals surface area contributed by atoms with E-state index in [4.69, 9.17) is 22.7 Å². The predicted molar refractivity (Wildman–Crippen MR) is 67.4 cm³/mol. The van der Waals surface area contributed by atoms with Crippen LogP contribution in [-0.4, -0.2) is 17.7 Å². The molecule has 3 N–H and O–H groups in total. The molecule has 86 valence electrons. The SMILES string of the molecule is CCCOC(=O)c1ccc(NC(N)=S)cc1. The molecule has 0 saturated heterocycles. The maximum atomic E-state index is 11.4. The lowest BCUT2D eigenvalue weighted by atomic mass is 10.2. The number of nitrogens with two attached hydrogens (primary N) is 1. The lowest BCUT2D eigenvalue weighted by Crippen LogP contribution is -2.18. The van der Waals surface area contributed by atoms with Gasteiger partial charge in [-0.2, -0.15) is 0 Å². The van der Waals surface area contributed by atoms with Gasteiger partial charge in [-0.1, -0.05) is 6.92 Å². The third kappa shape index (κ3) is 3.86. The van der Waals surface area contributed by atoms with Crippen molar-refractivity contribution in [3.8, 4) is 0 Å². The van der Waals surface area contributed by atoms with Crippen LogP contribution in [-0.2, 0) is 4.74 Å². The van der Waals surface area contributed by atoms with Crippen molar-refractivity contribution >= 4 is 29.0 Å². The molecular weight excluding hydrogens is 224 g/mol. The Balaban J connectivity index is 2.63. The topological polar surface area (TPSA) is 64.3 Å². The van der Waals surface area contributed by atoms with Crippen LogP contribution in [0.1, 0.15) is 23.7 Å². The largest absolute Gasteiger partial charge is 0.462 e. The van der Waals surface area contributed by atoms with Crippen LogP contribution >= 0.6 is 12.2 Å². The molecule has 0 spiro atoms. The lowest BCUT2D eigenvalue weighted by molar-refractivity contribution is 0.0505. The maximum absolute atomic E-state index is 11.4. The van der Waals surface area contributed by atoms with Crippen molar-refractivity contribution in [3.05, 3.63) is 29.8 Å². The molecule has 0 aromatic heterocycles. The van der Waals surface area contributed by atoms with E-state index in [1.165, 1.54) is 0 Å². The number of rotatable bonds is 4. The van der Waals surface area contributed by atoms with Crippen LogP contribution in [0.5, 0.6) is 0 Å². The van der Waals surface area contributed by atoms with Gasteiger partial charge in [0.05, 0.1) is 12.2 Å². The normalized spacial score (nSPS) is 9.56. The minimum absolute atomic E-state index is 0.196. The molecule has 0 aliphatic heterocycles. The van der Waals surface area contributed by atoms with Gasteiger partial charge in [0.15, 0.2) is 5.11 Å². The Morgan fingerprint density at radius 2 is 2.06 bits per heavy atom. The van der Waals surface area contributed by atoms with Gasteiger partial charge >= 0.3 is 5.97 Å². The molecule has 0 aliphatic rings. The van der Waals surface area contributed by atoms with Crippen molar-refractivity contribution in [2.75, 3.05) is 11.9 Å². The summed E-state index contributed by atoms with van der Waals surface area (Å²) in [6.45, 7) is 2.38. The summed E-state index contributed by atoms with van der Waals surface area (Å²) in [6.07, 6.45) is 0.812. The zero-order chi connectivity index (χ0) is 12.0. The van der Waals surface area contributed by atoms with Crippen LogP contribution in [0.2, 0.25) is 0 Å². The van der Waals surface area contributed by atoms with Crippen LogP contribution in [0.25, 0.3) is 0 Å². The minimum Gasteiger partial charge on any atom is -0.462 e. The van der Waals surface area contributed by atoms with E-state index in [0.29, 0.717) is 12.2 Å². The Labute approximate surface area is 99.8 Å². The number of thiocarbonyl (C=S) groups is 1. The highest BCUT2D eigenvalue weighted by atomic mass is 32.1. The summed E-state index contributed by atoms with van der Waals surface area (Å²) in [5.41, 5.74) is 6.58. The van der Waals surface area contributed by atoms with E-state index in [0.717, 1.165) is 12.1 Å². The summed E-state index contributed by atoms with van der Waals surface area (Å²) in [4.78, 5) is 11.4. The fourth-order valence-corrected chi connectivity index (χ4v) is 1.23. The van der Waals surface area contributed by atoms with Crippen molar-refractivity contribution in [2.24, 2.45) is 5.73 Å². The molecule has 0 fully saturated rings. The highest BCUT2D eigenvalue weighted by Gasteiger charge is 2.05. The monoisotopic (exact) mass is 238 g/mol. The molecule has 0 atom stereocenters. The molecule has 0 amide bonds. The smallest absolute Gasteiger partial charge is 0.338 e. The Morgan fingerprint density at radius 1 is 1.44 bits per heavy atom. The number of carbonyl (C=O) groups excluding carboxylic acids is 1. The molecule has 1 aromatic rings. The van der Waals surface area contributed by atoms with Crippen molar-refractivity contribution < 1.29 is 9.53 Å². The molecule has 0 saturated carbocycles. The van der Waals surface area contributed by atoms with Gasteiger partial charge in [0.25, 0.3) is 0 Å². The number of esters is 1. The van der Waals surface area contributed by atoms with E-state index in [-0.39, 0.29) is 11.1 Å². The summed E-state index contributed by atoms with van der Waals surface area (Å²) >= 11 is 4.69. The molecular formula is C11H14N2O2S. The average molecular weight is 238 g/mol. The fraction of sp³-hybridized carbons (Fsp3) is 0.273. The Hall–Kier alpha value is -1.62. The molecule has 0 bridgehead atoms. The van der Waals surface area contributed by atoms with Crippen LogP contribution in [0.3, 0.4) is 0 Å². The zero-order valence-electron chi connectivity index (χ0n) is 9.03. The van der Waals surface area contributed by atoms with E-state index in [1.807, 2.05) is 6.92 Å². The molecule has 5 heteroatoms. The Kier molecular flexibility index (Phi) is 4.72. The maximum Gasteiger partial charge on any atom is 0.338 e. The van der Waals surface area contributed by atoms with Crippen LogP contribution in [0.15, 0.2) is 24.3 Å². The van der Waals surface area contributed by atoms with Crippen LogP contribution in [0.4, 0.5) is 5.69 Å². The molecule has 0 aliphatic carbocycles. The third-order valence-corrected chi connectivity index (χ3v) is 1.93. The van der Waals surface area contributed by atoms with Gasteiger partial charge in [-0.25, -0.2) is 4.79 Å². The summed E-state index contributed by atoms with van der Waals surface area (Å²) in [5, 5.41) is 2.97. The number of benzene rings is 1. The number of hydrogen-bond donors (Lipinski definition) is 2. The average Bonchev–Trinajstić information content (AvgIpc) is 2.26. The molecule has 0 radical (unpaired) electrons. The Morgan fingerprint density at radius 3 is 2.56 bits per heavy atom. The first-order chi connectivity index (χ1) is 7.63. The van der Waals surface area contributed by atoms with Crippen molar-refractivity contribution in [1.29, 1.82) is 0 Å². The van der Waals surface area contributed by atoms with Crippen molar-refractivity contribution in [3.63, 3.8) is 0 Å². The van der Waals surface area contributed by atoms with Crippen LogP contribution < -0.4 is 11.1 Å². The highest BCUT2D eigenvalue weighted by Crippen LogP contribution is 2.10. The van der Waals surface area contributed by atoms with E-state index in [9.17, 15) is 4.79 Å². The van der Waals surface area contributed by atoms with Crippen LogP contribution in [0, 0.1) is 0 Å². The van der Waals surface area contributed by atoms with Gasteiger partial charge in [-0.15, -0.1) is 0 Å². The molecule has 0 unspecified atom stereocenters. The first-order valence-electron chi connectivity index (χ1n) is 4.97. The van der Waals surface area contributed by atoms with Crippen molar-refractivity contribution in [1.82, 2.24) is 0 Å². The molecule has 1 rings (SSSR count). The molecule has 4 nitrogen and oxygen atoms in total. The number of nitrogens with one attached hydrogen (secondary N) is 1. The van der Waals surface area contributed by atoms with Crippen molar-refractivity contribution in [2.45, 2.75) is 13.3 Å². The molecule has 0 heterocycles. The van der Waals surface area contributed by atoms with E-state index < -0.39 is 0 Å². The fourth-order valence-electron chi connectivity index (χ4n) is 1.11. The van der Waals surface area contributed by atoms with Gasteiger partial charge < -0.3 is 15.8 Å². The van der Waals surface area contributed by atoms with Gasteiger partial charge in [-0.3, -0.25) is 0 Å². The number of anilines is 1. The third-order valence-electron chi connectivity index (χ3n) is 1.83. The highest BCUT2D eigenvalue weighted by molar-refractivity contribution is 7.80. The van der Waals surface area contributed by atoms with E-state index in [1.54, 1.807) is 24.3 Å². The first-order valence-corrected chi connectivity index (χ1v) is 5.38. The number of hydrogen-bond acceptors (Lipinski definition) is 3. The standard InChI is InChI=1S/C11H14N2O2S/c1-2-7-15-10(14)8-3-5-9(6-4-8)13-11(12)16/h3-6H,2,7H2,1H3,(H3,12,13,16). The summed E-state index contributed by atoms with van der Waals surface area (Å²) < 4.78 is 4.99. The molecule has 1 aromatic carbocycles. The first kappa shape index (κ1) is 12.4. The quantitative estimate of drug-likeness (QED) is 0.619. The molecule has 16 heavy (non-hydrogen) atoms. The van der Waals surface area contributed by atoms with Gasteiger partial charge in [0.2, 0.25) is 0 Å². The lowest BCUT2D eigenvalue weighted by Gasteiger charge is -2.05. The summed E-state index contributed by atoms with van der Waals surface area (Å²) in [7, 11) is 0. The number of carbonyl (C=O) groups is 1. The van der Waals surface area contributed by atoms with E-state index >= 15 is 0 Å². The van der Waals surface area contributed by atoms with E-state index in [2.05, 4.69) is 5.32 Å². The number of ether oxygens (including phenoxy) is 1. The second-order valence-electron chi connectivity index (χ2n) is 3.20. The second-order valence-corrected chi connectivity index (χ2v) is 3.64. The Bertz CT molecular complexity index is 376. The predicted octanol–water partition coefficient (Wildman–Crippen LogP) is 1.91. The summed E-state index contributed by atoms with van der Waals surface area (Å²) in [6, 6.07) is 6.78. The zero-order valence-corrected chi connectivity index (χ0v) is 9.84. The van der Waals surface area contributed by atoms with Gasteiger partial charge in [-0.05, 0) is 42.9 Å². The second kappa shape index (κ2) is 6.07. The summed E-state index contributed by atoms with van der Waals surface area (Å²) in [5.74, 6) is -0.316. The minimum atomic E-state index is -0.316. The van der Waals surface area contributed by atoms with Gasteiger partial charge in [0.1, 0.15) is 0 Å². The van der Waals surface area contributed by atoms with Gasteiger partial charge in [0, 0.05) is 5.69 Å².